The summed E-state index contributed by atoms with van der Waals surface area (Å²) in [5.41, 5.74) is 3.91. The maximum atomic E-state index is 12.9. The van der Waals surface area contributed by atoms with Crippen molar-refractivity contribution < 1.29 is 14.3 Å². The van der Waals surface area contributed by atoms with Crippen LogP contribution < -0.4 is 5.32 Å². The molecule has 0 aliphatic heterocycles. The van der Waals surface area contributed by atoms with E-state index < -0.39 is 0 Å². The lowest BCUT2D eigenvalue weighted by atomic mass is 9.97. The summed E-state index contributed by atoms with van der Waals surface area (Å²) in [4.78, 5) is 33.1. The summed E-state index contributed by atoms with van der Waals surface area (Å²) in [6.45, 7) is 4.42. The molecule has 0 aliphatic carbocycles. The molecule has 0 spiro atoms. The molecule has 0 bridgehead atoms. The van der Waals surface area contributed by atoms with Gasteiger partial charge in [-0.25, -0.2) is 4.98 Å². The molecule has 2 heterocycles. The van der Waals surface area contributed by atoms with E-state index in [1.54, 1.807) is 18.5 Å². The Labute approximate surface area is 164 Å². The lowest BCUT2D eigenvalue weighted by Gasteiger charge is -2.13. The van der Waals surface area contributed by atoms with Crippen LogP contribution in [0.25, 0.3) is 22.2 Å². The number of methoxy groups -OCH3 is 1. The molecule has 6 nitrogen and oxygen atoms in total. The van der Waals surface area contributed by atoms with Gasteiger partial charge in [0.2, 0.25) is 0 Å². The normalized spacial score (nSPS) is 10.9. The lowest BCUT2D eigenvalue weighted by Crippen LogP contribution is -2.26. The topological polar surface area (TPSA) is 81.2 Å². The van der Waals surface area contributed by atoms with Gasteiger partial charge in [0, 0.05) is 29.9 Å². The number of hydrogen-bond donors (Lipinski definition) is 1. The van der Waals surface area contributed by atoms with E-state index >= 15 is 0 Å². The fourth-order valence-corrected chi connectivity index (χ4v) is 2.93. The van der Waals surface area contributed by atoms with E-state index in [0.29, 0.717) is 17.2 Å². The minimum Gasteiger partial charge on any atom is -0.469 e. The number of aromatic nitrogens is 2. The molecule has 1 aromatic carbocycles. The largest absolute Gasteiger partial charge is 0.469 e. The minimum absolute atomic E-state index is 0.123. The molecular formula is C22H23N3O3. The van der Waals surface area contributed by atoms with Gasteiger partial charge in [-0.05, 0) is 41.8 Å². The van der Waals surface area contributed by atoms with Gasteiger partial charge in [-0.1, -0.05) is 19.9 Å². The Morgan fingerprint density at radius 2 is 2.00 bits per heavy atom. The van der Waals surface area contributed by atoms with Crippen molar-refractivity contribution in [2.75, 3.05) is 13.7 Å². The van der Waals surface area contributed by atoms with E-state index in [1.807, 2.05) is 30.3 Å². The van der Waals surface area contributed by atoms with Crippen LogP contribution in [0.5, 0.6) is 0 Å². The van der Waals surface area contributed by atoms with Crippen molar-refractivity contribution >= 4 is 22.8 Å². The third-order valence-corrected chi connectivity index (χ3v) is 4.54. The highest BCUT2D eigenvalue weighted by Crippen LogP contribution is 2.27. The Hall–Kier alpha value is -3.28. The predicted molar refractivity (Wildman–Crippen MR) is 108 cm³/mol. The maximum absolute atomic E-state index is 12.9. The first-order chi connectivity index (χ1) is 13.5. The smallest absolute Gasteiger partial charge is 0.307 e. The van der Waals surface area contributed by atoms with Crippen LogP contribution in [0.2, 0.25) is 0 Å². The average Bonchev–Trinajstić information content (AvgIpc) is 2.72. The van der Waals surface area contributed by atoms with Gasteiger partial charge in [0.15, 0.2) is 0 Å². The summed E-state index contributed by atoms with van der Waals surface area (Å²) >= 11 is 0. The first-order valence-corrected chi connectivity index (χ1v) is 9.19. The second kappa shape index (κ2) is 8.61. The van der Waals surface area contributed by atoms with Crippen molar-refractivity contribution in [3.8, 4) is 11.3 Å². The first-order valence-electron chi connectivity index (χ1n) is 9.19. The van der Waals surface area contributed by atoms with Gasteiger partial charge in [0.25, 0.3) is 5.91 Å². The molecule has 0 atom stereocenters. The standard InChI is InChI=1S/C22H23N3O3/c1-14(2)15-6-7-19-17(11-15)18(22(27)24-10-8-21(26)28-3)12-20(25-19)16-5-4-9-23-13-16/h4-7,9,11-14H,8,10H2,1-3H3,(H,24,27). The third-order valence-electron chi connectivity index (χ3n) is 4.54. The number of carbonyl (C=O) groups excluding carboxylic acids is 2. The van der Waals surface area contributed by atoms with Crippen LogP contribution in [0.4, 0.5) is 0 Å². The van der Waals surface area contributed by atoms with Crippen molar-refractivity contribution in [2.45, 2.75) is 26.2 Å². The van der Waals surface area contributed by atoms with Gasteiger partial charge >= 0.3 is 5.97 Å². The molecule has 0 saturated heterocycles. The fourth-order valence-electron chi connectivity index (χ4n) is 2.93. The van der Waals surface area contributed by atoms with Gasteiger partial charge in [0.1, 0.15) is 0 Å². The lowest BCUT2D eigenvalue weighted by molar-refractivity contribution is -0.140. The Morgan fingerprint density at radius 1 is 1.18 bits per heavy atom. The molecule has 1 N–H and O–H groups in total. The van der Waals surface area contributed by atoms with Crippen molar-refractivity contribution in [2.24, 2.45) is 0 Å². The third kappa shape index (κ3) is 4.34. The van der Waals surface area contributed by atoms with Crippen molar-refractivity contribution in [3.05, 3.63) is 59.9 Å². The zero-order valence-electron chi connectivity index (χ0n) is 16.2. The van der Waals surface area contributed by atoms with Crippen LogP contribution in [0.3, 0.4) is 0 Å². The van der Waals surface area contributed by atoms with E-state index in [4.69, 9.17) is 4.98 Å². The maximum Gasteiger partial charge on any atom is 0.307 e. The number of amides is 1. The van der Waals surface area contributed by atoms with E-state index in [0.717, 1.165) is 22.0 Å². The zero-order chi connectivity index (χ0) is 20.1. The number of benzene rings is 1. The molecule has 0 fully saturated rings. The number of nitrogens with zero attached hydrogens (tertiary/aromatic N) is 2. The second-order valence-corrected chi connectivity index (χ2v) is 6.81. The number of fused-ring (bicyclic) bond motifs is 1. The van der Waals surface area contributed by atoms with Crippen LogP contribution in [0.15, 0.2) is 48.8 Å². The Morgan fingerprint density at radius 3 is 2.68 bits per heavy atom. The molecule has 3 rings (SSSR count). The van der Waals surface area contributed by atoms with Crippen LogP contribution in [-0.4, -0.2) is 35.5 Å². The predicted octanol–water partition coefficient (Wildman–Crippen LogP) is 3.71. The molecule has 144 valence electrons. The number of ether oxygens (including phenoxy) is 1. The SMILES string of the molecule is COC(=O)CCNC(=O)c1cc(-c2cccnc2)nc2ccc(C(C)C)cc12. The van der Waals surface area contributed by atoms with Gasteiger partial charge < -0.3 is 10.1 Å². The van der Waals surface area contributed by atoms with Crippen molar-refractivity contribution in [1.82, 2.24) is 15.3 Å². The summed E-state index contributed by atoms with van der Waals surface area (Å²) in [5, 5.41) is 3.59. The summed E-state index contributed by atoms with van der Waals surface area (Å²) < 4.78 is 4.62. The molecule has 0 saturated carbocycles. The second-order valence-electron chi connectivity index (χ2n) is 6.81. The summed E-state index contributed by atoms with van der Waals surface area (Å²) in [6, 6.07) is 11.5. The monoisotopic (exact) mass is 377 g/mol. The van der Waals surface area contributed by atoms with E-state index in [1.165, 1.54) is 7.11 Å². The first kappa shape index (κ1) is 19.5. The molecule has 6 heteroatoms. The minimum atomic E-state index is -0.363. The van der Waals surface area contributed by atoms with Gasteiger partial charge in [-0.3, -0.25) is 14.6 Å². The zero-order valence-corrected chi connectivity index (χ0v) is 16.2. The summed E-state index contributed by atoms with van der Waals surface area (Å²) in [7, 11) is 1.33. The van der Waals surface area contributed by atoms with Crippen LogP contribution in [-0.2, 0) is 9.53 Å². The van der Waals surface area contributed by atoms with Crippen molar-refractivity contribution in [3.63, 3.8) is 0 Å². The number of carbonyl (C=O) groups is 2. The average molecular weight is 377 g/mol. The Balaban J connectivity index is 2.04. The quantitative estimate of drug-likeness (QED) is 0.662. The molecule has 28 heavy (non-hydrogen) atoms. The number of nitrogens with one attached hydrogen (secondary N) is 1. The molecule has 0 radical (unpaired) electrons. The van der Waals surface area contributed by atoms with Crippen LogP contribution >= 0.6 is 0 Å². The van der Waals surface area contributed by atoms with Crippen LogP contribution in [0, 0.1) is 0 Å². The number of rotatable bonds is 6. The van der Waals surface area contributed by atoms with E-state index in [-0.39, 0.29) is 24.8 Å². The number of hydrogen-bond acceptors (Lipinski definition) is 5. The highest BCUT2D eigenvalue weighted by Gasteiger charge is 2.15. The van der Waals surface area contributed by atoms with E-state index in [2.05, 4.69) is 28.9 Å². The van der Waals surface area contributed by atoms with E-state index in [9.17, 15) is 9.59 Å². The number of pyridine rings is 2. The highest BCUT2D eigenvalue weighted by atomic mass is 16.5. The number of esters is 1. The fraction of sp³-hybridized carbons (Fsp3) is 0.273. The van der Waals surface area contributed by atoms with Crippen molar-refractivity contribution in [1.29, 1.82) is 0 Å². The highest BCUT2D eigenvalue weighted by molar-refractivity contribution is 6.07. The molecular weight excluding hydrogens is 354 g/mol. The summed E-state index contributed by atoms with van der Waals surface area (Å²) in [6.07, 6.45) is 3.54. The molecule has 0 unspecified atom stereocenters. The van der Waals surface area contributed by atoms with Gasteiger partial charge in [0.05, 0.1) is 30.3 Å². The van der Waals surface area contributed by atoms with Crippen LogP contribution in [0.1, 0.15) is 42.1 Å². The molecule has 2 aromatic heterocycles. The Kier molecular flexibility index (Phi) is 5.99. The molecule has 1 amide bonds. The Bertz CT molecular complexity index is 1000. The van der Waals surface area contributed by atoms with Gasteiger partial charge in [-0.15, -0.1) is 0 Å². The molecule has 3 aromatic rings. The van der Waals surface area contributed by atoms with Gasteiger partial charge in [-0.2, -0.15) is 0 Å². The summed E-state index contributed by atoms with van der Waals surface area (Å²) in [5.74, 6) is -0.280. The molecule has 0 aliphatic rings.